The molecule has 0 spiro atoms. The van der Waals surface area contributed by atoms with Crippen LogP contribution in [-0.2, 0) is 6.42 Å². The van der Waals surface area contributed by atoms with Gasteiger partial charge in [-0.25, -0.2) is 0 Å². The zero-order chi connectivity index (χ0) is 33.0. The maximum absolute atomic E-state index is 2.60. The van der Waals surface area contributed by atoms with E-state index in [1.165, 1.54) is 83.0 Å². The van der Waals surface area contributed by atoms with Crippen molar-refractivity contribution in [1.82, 2.24) is 9.13 Å². The van der Waals surface area contributed by atoms with E-state index in [1.807, 2.05) is 0 Å². The number of fused-ring (bicyclic) bond motifs is 7. The molecule has 2 aromatic heterocycles. The summed E-state index contributed by atoms with van der Waals surface area (Å²) in [5.41, 5.74) is 16.2. The number of allylic oxidation sites excluding steroid dienone is 1. The minimum atomic E-state index is 0.970. The lowest BCUT2D eigenvalue weighted by atomic mass is 9.86. The molecule has 0 fully saturated rings. The number of rotatable bonds is 5. The summed E-state index contributed by atoms with van der Waals surface area (Å²) in [7, 11) is 0. The number of para-hydroxylation sites is 2. The first kappa shape index (κ1) is 28.6. The lowest BCUT2D eigenvalue weighted by Gasteiger charge is -2.19. The fourth-order valence-electron chi connectivity index (χ4n) is 8.30. The lowest BCUT2D eigenvalue weighted by Crippen LogP contribution is -2.04. The summed E-state index contributed by atoms with van der Waals surface area (Å²) in [4.78, 5) is 0. The molecule has 1 aliphatic carbocycles. The van der Waals surface area contributed by atoms with E-state index < -0.39 is 0 Å². The average molecular weight is 639 g/mol. The molecule has 0 aliphatic heterocycles. The van der Waals surface area contributed by atoms with Gasteiger partial charge in [-0.3, -0.25) is 0 Å². The van der Waals surface area contributed by atoms with Gasteiger partial charge in [0.1, 0.15) is 0 Å². The largest absolute Gasteiger partial charge is 0.311 e. The predicted molar refractivity (Wildman–Crippen MR) is 211 cm³/mol. The Morgan fingerprint density at radius 1 is 0.420 bits per heavy atom. The van der Waals surface area contributed by atoms with Gasteiger partial charge in [0.25, 0.3) is 0 Å². The molecule has 0 saturated heterocycles. The Hall–Kier alpha value is -6.38. The molecule has 9 aromatic rings. The Balaban J connectivity index is 1.50. The highest BCUT2D eigenvalue weighted by atomic mass is 15.1. The van der Waals surface area contributed by atoms with Crippen molar-refractivity contribution in [2.45, 2.75) is 12.8 Å². The molecular formula is C48H34N2. The van der Waals surface area contributed by atoms with Gasteiger partial charge in [-0.1, -0.05) is 152 Å². The van der Waals surface area contributed by atoms with E-state index >= 15 is 0 Å². The van der Waals surface area contributed by atoms with Gasteiger partial charge in [0.15, 0.2) is 0 Å². The molecule has 0 unspecified atom stereocenters. The summed E-state index contributed by atoms with van der Waals surface area (Å²) in [5.74, 6) is 0. The van der Waals surface area contributed by atoms with Crippen LogP contribution in [0.15, 0.2) is 176 Å². The molecule has 0 atom stereocenters. The van der Waals surface area contributed by atoms with Crippen molar-refractivity contribution in [3.63, 3.8) is 0 Å². The molecule has 7 aromatic carbocycles. The predicted octanol–water partition coefficient (Wildman–Crippen LogP) is 12.7. The third-order valence-electron chi connectivity index (χ3n) is 10.3. The van der Waals surface area contributed by atoms with Crippen LogP contribution in [0, 0.1) is 0 Å². The zero-order valence-corrected chi connectivity index (χ0v) is 27.6. The van der Waals surface area contributed by atoms with Gasteiger partial charge in [0.2, 0.25) is 0 Å². The van der Waals surface area contributed by atoms with Crippen molar-refractivity contribution >= 4 is 38.8 Å². The summed E-state index contributed by atoms with van der Waals surface area (Å²) in [5, 5.41) is 3.84. The van der Waals surface area contributed by atoms with Gasteiger partial charge in [-0.05, 0) is 65.4 Å². The maximum atomic E-state index is 2.60. The Morgan fingerprint density at radius 2 is 0.960 bits per heavy atom. The molecule has 0 radical (unpaired) electrons. The molecule has 2 heterocycles. The minimum absolute atomic E-state index is 0.970. The summed E-state index contributed by atoms with van der Waals surface area (Å²) < 4.78 is 5.11. The van der Waals surface area contributed by atoms with Crippen LogP contribution < -0.4 is 0 Å². The molecule has 0 saturated carbocycles. The number of aromatic nitrogens is 2. The lowest BCUT2D eigenvalue weighted by molar-refractivity contribution is 0.889. The van der Waals surface area contributed by atoms with E-state index in [0.29, 0.717) is 0 Å². The quantitative estimate of drug-likeness (QED) is 0.178. The van der Waals surface area contributed by atoms with E-state index in [1.54, 1.807) is 0 Å². The Morgan fingerprint density at radius 3 is 1.66 bits per heavy atom. The third-order valence-corrected chi connectivity index (χ3v) is 10.3. The normalized spacial score (nSPS) is 12.6. The first-order chi connectivity index (χ1) is 24.9. The van der Waals surface area contributed by atoms with Gasteiger partial charge in [-0.15, -0.1) is 0 Å². The molecule has 50 heavy (non-hydrogen) atoms. The smallest absolute Gasteiger partial charge is 0.0795 e. The highest BCUT2D eigenvalue weighted by molar-refractivity contribution is 6.30. The zero-order valence-electron chi connectivity index (χ0n) is 27.6. The van der Waals surface area contributed by atoms with Crippen LogP contribution >= 0.6 is 0 Å². The molecule has 0 bridgehead atoms. The maximum Gasteiger partial charge on any atom is 0.0795 e. The van der Waals surface area contributed by atoms with Crippen LogP contribution in [0.3, 0.4) is 0 Å². The van der Waals surface area contributed by atoms with Gasteiger partial charge in [-0.2, -0.15) is 0 Å². The molecule has 236 valence electrons. The van der Waals surface area contributed by atoms with Crippen molar-refractivity contribution in [2.75, 3.05) is 0 Å². The van der Waals surface area contributed by atoms with E-state index in [2.05, 4.69) is 191 Å². The van der Waals surface area contributed by atoms with Crippen LogP contribution in [0.5, 0.6) is 0 Å². The highest BCUT2D eigenvalue weighted by Crippen LogP contribution is 2.52. The molecule has 0 amide bonds. The fourth-order valence-corrected chi connectivity index (χ4v) is 8.30. The van der Waals surface area contributed by atoms with Crippen LogP contribution in [0.2, 0.25) is 0 Å². The van der Waals surface area contributed by atoms with Gasteiger partial charge in [0.05, 0.1) is 16.6 Å². The molecule has 1 aliphatic rings. The van der Waals surface area contributed by atoms with Crippen LogP contribution in [0.25, 0.3) is 83.5 Å². The number of hydrogen-bond acceptors (Lipinski definition) is 0. The first-order valence-electron chi connectivity index (χ1n) is 17.5. The molecule has 0 N–H and O–H groups in total. The van der Waals surface area contributed by atoms with E-state index in [0.717, 1.165) is 18.5 Å². The molecular weight excluding hydrogens is 605 g/mol. The number of hydrogen-bond donors (Lipinski definition) is 0. The number of benzene rings is 7. The van der Waals surface area contributed by atoms with Gasteiger partial charge < -0.3 is 9.13 Å². The van der Waals surface area contributed by atoms with Crippen molar-refractivity contribution in [2.24, 2.45) is 0 Å². The second-order valence-electron chi connectivity index (χ2n) is 13.2. The second kappa shape index (κ2) is 11.6. The first-order valence-corrected chi connectivity index (χ1v) is 17.5. The Bertz CT molecular complexity index is 2710. The van der Waals surface area contributed by atoms with Crippen LogP contribution in [0.1, 0.15) is 17.7 Å². The minimum Gasteiger partial charge on any atom is -0.311 e. The third kappa shape index (κ3) is 4.35. The second-order valence-corrected chi connectivity index (χ2v) is 13.2. The number of nitrogens with zero attached hydrogens (tertiary/aromatic N) is 2. The van der Waals surface area contributed by atoms with Crippen molar-refractivity contribution in [3.8, 4) is 44.8 Å². The van der Waals surface area contributed by atoms with Crippen molar-refractivity contribution in [3.05, 3.63) is 187 Å². The summed E-state index contributed by atoms with van der Waals surface area (Å²) >= 11 is 0. The van der Waals surface area contributed by atoms with E-state index in [9.17, 15) is 0 Å². The SMILES string of the molecule is C1=Cc2c(n(-c3cccc(-c4ccccc4)c3)c3c2c(-c2ccccc2)c(-c2ccccc2)c2c4ccccc4n(-c4ccccc4)c23)CC1. The summed E-state index contributed by atoms with van der Waals surface area (Å²) in [6.45, 7) is 0. The molecule has 2 heteroatoms. The van der Waals surface area contributed by atoms with Gasteiger partial charge in [0, 0.05) is 49.9 Å². The summed E-state index contributed by atoms with van der Waals surface area (Å²) in [6, 6.07) is 61.8. The Kier molecular flexibility index (Phi) is 6.67. The van der Waals surface area contributed by atoms with Crippen molar-refractivity contribution < 1.29 is 0 Å². The highest BCUT2D eigenvalue weighted by Gasteiger charge is 2.30. The monoisotopic (exact) mass is 638 g/mol. The molecule has 2 nitrogen and oxygen atoms in total. The van der Waals surface area contributed by atoms with E-state index in [-0.39, 0.29) is 0 Å². The van der Waals surface area contributed by atoms with Crippen LogP contribution in [-0.4, -0.2) is 9.13 Å². The Labute approximate surface area is 291 Å². The van der Waals surface area contributed by atoms with Gasteiger partial charge >= 0.3 is 0 Å². The summed E-state index contributed by atoms with van der Waals surface area (Å²) in [6.07, 6.45) is 6.73. The van der Waals surface area contributed by atoms with Crippen molar-refractivity contribution in [1.29, 1.82) is 0 Å². The molecule has 10 rings (SSSR count). The standard InChI is InChI=1S/C48H34N2/c1-5-18-33(19-6-1)36-24-17-27-38(32-36)50-42-31-16-14-29-40(42)46-44(35-22-9-3-10-23-35)43(34-20-7-2-8-21-34)45-39-28-13-15-30-41(39)49(47(45)48(46)50)37-25-11-4-12-26-37/h1-15,17-30,32H,16,31H2. The average Bonchev–Trinajstić information content (AvgIpc) is 3.72. The van der Waals surface area contributed by atoms with Crippen LogP contribution in [0.4, 0.5) is 0 Å². The fraction of sp³-hybridized carbons (Fsp3) is 0.0417. The van der Waals surface area contributed by atoms with E-state index in [4.69, 9.17) is 0 Å². The topological polar surface area (TPSA) is 9.86 Å².